The topological polar surface area (TPSA) is 92.3 Å². The number of carbonyl (C=O) groups excluding carboxylic acids is 1. The van der Waals surface area contributed by atoms with Crippen LogP contribution in [0.1, 0.15) is 44.8 Å². The highest BCUT2D eigenvalue weighted by molar-refractivity contribution is 7.89. The molecule has 7 nitrogen and oxygen atoms in total. The molecule has 0 spiro atoms. The predicted molar refractivity (Wildman–Crippen MR) is 121 cm³/mol. The number of carbonyl (C=O) groups is 1. The maximum Gasteiger partial charge on any atom is 0.286 e. The molecule has 1 aromatic heterocycles. The van der Waals surface area contributed by atoms with Crippen LogP contribution in [0.2, 0.25) is 5.02 Å². The van der Waals surface area contributed by atoms with Crippen molar-refractivity contribution in [2.24, 2.45) is 0 Å². The minimum atomic E-state index is -3.69. The molecule has 162 valence electrons. The highest BCUT2D eigenvalue weighted by Crippen LogP contribution is 2.38. The molecular weight excluding hydrogens is 456 g/mol. The zero-order valence-corrected chi connectivity index (χ0v) is 19.4. The molecule has 0 saturated carbocycles. The maximum absolute atomic E-state index is 13.3. The van der Waals surface area contributed by atoms with Crippen molar-refractivity contribution in [3.63, 3.8) is 0 Å². The van der Waals surface area contributed by atoms with Crippen molar-refractivity contribution in [3.8, 4) is 0 Å². The van der Waals surface area contributed by atoms with Crippen LogP contribution in [0.4, 0.5) is 5.69 Å². The van der Waals surface area contributed by atoms with E-state index < -0.39 is 22.0 Å². The Morgan fingerprint density at radius 2 is 1.81 bits per heavy atom. The first-order valence-electron chi connectivity index (χ1n) is 9.74. The first-order chi connectivity index (χ1) is 14.7. The number of benzene rings is 2. The highest BCUT2D eigenvalue weighted by atomic mass is 35.5. The Kier molecular flexibility index (Phi) is 6.11. The number of halogens is 1. The Labute approximate surface area is 190 Å². The Morgan fingerprint density at radius 1 is 1.13 bits per heavy atom. The summed E-state index contributed by atoms with van der Waals surface area (Å²) in [6.45, 7) is 4.17. The molecule has 1 aliphatic heterocycles. The van der Waals surface area contributed by atoms with E-state index in [0.29, 0.717) is 28.7 Å². The summed E-state index contributed by atoms with van der Waals surface area (Å²) >= 11 is 6.98. The molecule has 0 radical (unpaired) electrons. The number of anilines is 1. The molecule has 1 saturated heterocycles. The van der Waals surface area contributed by atoms with Gasteiger partial charge in [-0.25, -0.2) is 8.42 Å². The third-order valence-corrected chi connectivity index (χ3v) is 8.19. The number of hydrogen-bond acceptors (Lipinski definition) is 6. The van der Waals surface area contributed by atoms with Gasteiger partial charge in [0.1, 0.15) is 5.01 Å². The Morgan fingerprint density at radius 3 is 2.48 bits per heavy atom. The van der Waals surface area contributed by atoms with Gasteiger partial charge in [0.15, 0.2) is 0 Å². The Balaban J connectivity index is 1.56. The van der Waals surface area contributed by atoms with E-state index in [1.165, 1.54) is 4.31 Å². The fourth-order valence-electron chi connectivity index (χ4n) is 3.67. The molecule has 1 fully saturated rings. The quantitative estimate of drug-likeness (QED) is 0.581. The number of nitrogens with one attached hydrogen (secondary N) is 1. The molecule has 4 rings (SSSR count). The fourth-order valence-corrected chi connectivity index (χ4v) is 6.60. The summed E-state index contributed by atoms with van der Waals surface area (Å²) in [6.07, 6.45) is 1.36. The minimum absolute atomic E-state index is 0.181. The van der Waals surface area contributed by atoms with Crippen LogP contribution in [0.25, 0.3) is 0 Å². The van der Waals surface area contributed by atoms with Crippen molar-refractivity contribution >= 4 is 44.6 Å². The lowest BCUT2D eigenvalue weighted by atomic mass is 10.2. The summed E-state index contributed by atoms with van der Waals surface area (Å²) in [5.41, 5.74) is 2.38. The van der Waals surface area contributed by atoms with Gasteiger partial charge < -0.3 is 5.32 Å². The molecule has 1 unspecified atom stereocenters. The van der Waals surface area contributed by atoms with E-state index in [1.807, 2.05) is 19.9 Å². The molecule has 1 N–H and O–H groups in total. The largest absolute Gasteiger partial charge is 0.320 e. The summed E-state index contributed by atoms with van der Waals surface area (Å²) in [6, 6.07) is 11.6. The molecule has 2 aromatic carbocycles. The van der Waals surface area contributed by atoms with Crippen LogP contribution >= 0.6 is 22.9 Å². The van der Waals surface area contributed by atoms with Crippen LogP contribution in [-0.4, -0.2) is 35.4 Å². The van der Waals surface area contributed by atoms with Gasteiger partial charge in [0.2, 0.25) is 15.0 Å². The second-order valence-electron chi connectivity index (χ2n) is 7.50. The first kappa shape index (κ1) is 21.9. The van der Waals surface area contributed by atoms with Crippen LogP contribution in [0.15, 0.2) is 47.4 Å². The van der Waals surface area contributed by atoms with Gasteiger partial charge in [0.25, 0.3) is 5.91 Å². The average Bonchev–Trinajstić information content (AvgIpc) is 3.38. The van der Waals surface area contributed by atoms with Crippen molar-refractivity contribution in [1.82, 2.24) is 14.5 Å². The summed E-state index contributed by atoms with van der Waals surface area (Å²) in [7, 11) is -3.69. The van der Waals surface area contributed by atoms with Crippen LogP contribution in [0, 0.1) is 13.8 Å². The summed E-state index contributed by atoms with van der Waals surface area (Å²) in [4.78, 5) is 12.8. The van der Waals surface area contributed by atoms with Crippen molar-refractivity contribution in [1.29, 1.82) is 0 Å². The SMILES string of the molecule is Cc1cc(C)cc(S(=O)(=O)N2CCCC2c2nnc(C(=O)Nc3ccc(Cl)cc3)s2)c1. The molecular formula is C21H21ClN4O3S2. The Bertz CT molecular complexity index is 1210. The van der Waals surface area contributed by atoms with Crippen LogP contribution in [0.3, 0.4) is 0 Å². The van der Waals surface area contributed by atoms with Gasteiger partial charge in [0.05, 0.1) is 10.9 Å². The molecule has 31 heavy (non-hydrogen) atoms. The van der Waals surface area contributed by atoms with Crippen molar-refractivity contribution in [2.75, 3.05) is 11.9 Å². The van der Waals surface area contributed by atoms with Gasteiger partial charge in [-0.2, -0.15) is 4.31 Å². The lowest BCUT2D eigenvalue weighted by molar-refractivity contribution is 0.102. The number of hydrogen-bond donors (Lipinski definition) is 1. The summed E-state index contributed by atoms with van der Waals surface area (Å²) < 4.78 is 28.1. The molecule has 1 amide bonds. The number of amides is 1. The highest BCUT2D eigenvalue weighted by Gasteiger charge is 2.38. The average molecular weight is 477 g/mol. The summed E-state index contributed by atoms with van der Waals surface area (Å²) in [5.74, 6) is -0.396. The number of aryl methyl sites for hydroxylation is 2. The van der Waals surface area contributed by atoms with Crippen LogP contribution < -0.4 is 5.32 Å². The standard InChI is InChI=1S/C21H21ClN4O3S2/c1-13-10-14(2)12-17(11-13)31(28,29)26-9-3-4-18(26)20-24-25-21(30-20)19(27)23-16-7-5-15(22)6-8-16/h5-8,10-12,18H,3-4,9H2,1-2H3,(H,23,27). The number of aromatic nitrogens is 2. The van der Waals surface area contributed by atoms with Crippen LogP contribution in [0.5, 0.6) is 0 Å². The molecule has 0 aliphatic carbocycles. The van der Waals surface area contributed by atoms with Crippen molar-refractivity contribution in [3.05, 3.63) is 68.6 Å². The fraction of sp³-hybridized carbons (Fsp3) is 0.286. The number of nitrogens with zero attached hydrogens (tertiary/aromatic N) is 3. The predicted octanol–water partition coefficient (Wildman–Crippen LogP) is 4.59. The van der Waals surface area contributed by atoms with Crippen molar-refractivity contribution < 1.29 is 13.2 Å². The third-order valence-electron chi connectivity index (χ3n) is 5.03. The van der Waals surface area contributed by atoms with Gasteiger partial charge in [-0.05, 0) is 74.2 Å². The van der Waals surface area contributed by atoms with E-state index in [-0.39, 0.29) is 9.90 Å². The monoisotopic (exact) mass is 476 g/mol. The van der Waals surface area contributed by atoms with Crippen LogP contribution in [-0.2, 0) is 10.0 Å². The van der Waals surface area contributed by atoms with E-state index in [1.54, 1.807) is 36.4 Å². The summed E-state index contributed by atoms with van der Waals surface area (Å²) in [5, 5.41) is 12.2. The second kappa shape index (κ2) is 8.66. The third kappa shape index (κ3) is 4.64. The molecule has 0 bridgehead atoms. The zero-order chi connectivity index (χ0) is 22.2. The van der Waals surface area contributed by atoms with Gasteiger partial charge in [0, 0.05) is 17.3 Å². The molecule has 10 heteroatoms. The number of rotatable bonds is 5. The second-order valence-corrected chi connectivity index (χ2v) is 10.8. The minimum Gasteiger partial charge on any atom is -0.320 e. The Hall–Kier alpha value is -2.33. The normalized spacial score (nSPS) is 17.1. The van der Waals surface area contributed by atoms with E-state index >= 15 is 0 Å². The lowest BCUT2D eigenvalue weighted by Crippen LogP contribution is -2.30. The zero-order valence-electron chi connectivity index (χ0n) is 17.0. The smallest absolute Gasteiger partial charge is 0.286 e. The van der Waals surface area contributed by atoms with Gasteiger partial charge in [-0.3, -0.25) is 4.79 Å². The maximum atomic E-state index is 13.3. The number of sulfonamides is 1. The molecule has 1 aliphatic rings. The van der Waals surface area contributed by atoms with Gasteiger partial charge >= 0.3 is 0 Å². The van der Waals surface area contributed by atoms with E-state index in [0.717, 1.165) is 28.9 Å². The van der Waals surface area contributed by atoms with E-state index in [4.69, 9.17) is 11.6 Å². The molecule has 3 aromatic rings. The lowest BCUT2D eigenvalue weighted by Gasteiger charge is -2.22. The van der Waals surface area contributed by atoms with Gasteiger partial charge in [-0.15, -0.1) is 10.2 Å². The molecule has 1 atom stereocenters. The van der Waals surface area contributed by atoms with E-state index in [9.17, 15) is 13.2 Å². The molecule has 2 heterocycles. The first-order valence-corrected chi connectivity index (χ1v) is 12.4. The van der Waals surface area contributed by atoms with E-state index in [2.05, 4.69) is 15.5 Å². The van der Waals surface area contributed by atoms with Gasteiger partial charge in [-0.1, -0.05) is 29.0 Å². The van der Waals surface area contributed by atoms with Crippen molar-refractivity contribution in [2.45, 2.75) is 37.6 Å².